The molecule has 1 fully saturated rings. The normalized spacial score (nSPS) is 16.1. The van der Waals surface area contributed by atoms with Crippen molar-refractivity contribution in [1.29, 1.82) is 0 Å². The largest absolute Gasteiger partial charge is 0.357 e. The molecule has 0 aromatic carbocycles. The molecule has 1 aromatic rings. The minimum absolute atomic E-state index is 0.639. The SMILES string of the molecule is CC(C)CNCc1cc(N(C)C2CCCC2)ncc1Cl. The molecule has 0 atom stereocenters. The Bertz CT molecular complexity index is 428. The summed E-state index contributed by atoms with van der Waals surface area (Å²) in [5, 5.41) is 4.20. The van der Waals surface area contributed by atoms with Crippen LogP contribution in [-0.4, -0.2) is 24.6 Å². The summed E-state index contributed by atoms with van der Waals surface area (Å²) in [5.74, 6) is 1.69. The molecular weight excluding hydrogens is 270 g/mol. The van der Waals surface area contributed by atoms with Crippen LogP contribution in [0.3, 0.4) is 0 Å². The maximum absolute atomic E-state index is 6.25. The first-order chi connectivity index (χ1) is 9.58. The number of halogens is 1. The summed E-state index contributed by atoms with van der Waals surface area (Å²) in [7, 11) is 2.15. The van der Waals surface area contributed by atoms with Crippen LogP contribution in [0.5, 0.6) is 0 Å². The molecule has 2 rings (SSSR count). The molecule has 0 aliphatic heterocycles. The van der Waals surface area contributed by atoms with Gasteiger partial charge < -0.3 is 10.2 Å². The number of pyridine rings is 1. The lowest BCUT2D eigenvalue weighted by Crippen LogP contribution is -2.29. The van der Waals surface area contributed by atoms with Gasteiger partial charge in [-0.05, 0) is 36.9 Å². The Morgan fingerprint density at radius 2 is 2.10 bits per heavy atom. The molecule has 0 radical (unpaired) electrons. The second-order valence-electron chi connectivity index (χ2n) is 6.21. The quantitative estimate of drug-likeness (QED) is 0.864. The van der Waals surface area contributed by atoms with Gasteiger partial charge in [-0.2, -0.15) is 0 Å². The van der Waals surface area contributed by atoms with E-state index in [9.17, 15) is 0 Å². The van der Waals surface area contributed by atoms with E-state index in [1.54, 1.807) is 6.20 Å². The Morgan fingerprint density at radius 3 is 2.75 bits per heavy atom. The molecule has 1 N–H and O–H groups in total. The van der Waals surface area contributed by atoms with E-state index in [0.717, 1.165) is 29.5 Å². The van der Waals surface area contributed by atoms with E-state index in [1.165, 1.54) is 25.7 Å². The Labute approximate surface area is 127 Å². The molecule has 0 amide bonds. The van der Waals surface area contributed by atoms with Gasteiger partial charge in [0.05, 0.1) is 5.02 Å². The van der Waals surface area contributed by atoms with Crippen LogP contribution in [0.1, 0.15) is 45.1 Å². The molecule has 112 valence electrons. The summed E-state index contributed by atoms with van der Waals surface area (Å²) in [5.41, 5.74) is 1.14. The van der Waals surface area contributed by atoms with Crippen molar-refractivity contribution >= 4 is 17.4 Å². The van der Waals surface area contributed by atoms with Gasteiger partial charge in [0, 0.05) is 25.8 Å². The average molecular weight is 296 g/mol. The Morgan fingerprint density at radius 1 is 1.40 bits per heavy atom. The molecule has 1 aliphatic rings. The van der Waals surface area contributed by atoms with Crippen molar-refractivity contribution in [2.24, 2.45) is 5.92 Å². The minimum atomic E-state index is 0.639. The lowest BCUT2D eigenvalue weighted by atomic mass is 10.2. The highest BCUT2D eigenvalue weighted by Crippen LogP contribution is 2.27. The van der Waals surface area contributed by atoms with Gasteiger partial charge in [0.25, 0.3) is 0 Å². The topological polar surface area (TPSA) is 28.2 Å². The molecule has 1 aliphatic carbocycles. The van der Waals surface area contributed by atoms with Crippen molar-refractivity contribution in [3.63, 3.8) is 0 Å². The first-order valence-corrected chi connectivity index (χ1v) is 8.03. The van der Waals surface area contributed by atoms with Crippen molar-refractivity contribution in [2.45, 2.75) is 52.1 Å². The first kappa shape index (κ1) is 15.6. The first-order valence-electron chi connectivity index (χ1n) is 7.66. The predicted molar refractivity (Wildman–Crippen MR) is 86.5 cm³/mol. The summed E-state index contributed by atoms with van der Waals surface area (Å²) in [6.07, 6.45) is 7.02. The van der Waals surface area contributed by atoms with Crippen LogP contribution >= 0.6 is 11.6 Å². The maximum Gasteiger partial charge on any atom is 0.128 e. The highest BCUT2D eigenvalue weighted by molar-refractivity contribution is 6.31. The van der Waals surface area contributed by atoms with Gasteiger partial charge in [-0.3, -0.25) is 0 Å². The molecule has 1 heterocycles. The molecule has 0 unspecified atom stereocenters. The second kappa shape index (κ2) is 7.28. The number of rotatable bonds is 6. The second-order valence-corrected chi connectivity index (χ2v) is 6.62. The number of aromatic nitrogens is 1. The Balaban J connectivity index is 2.03. The van der Waals surface area contributed by atoms with E-state index in [0.29, 0.717) is 12.0 Å². The van der Waals surface area contributed by atoms with Crippen LogP contribution in [0.4, 0.5) is 5.82 Å². The highest BCUT2D eigenvalue weighted by atomic mass is 35.5. The Hall–Kier alpha value is -0.800. The van der Waals surface area contributed by atoms with Crippen molar-refractivity contribution in [1.82, 2.24) is 10.3 Å². The van der Waals surface area contributed by atoms with Gasteiger partial charge in [-0.25, -0.2) is 4.98 Å². The summed E-state index contributed by atoms with van der Waals surface area (Å²) < 4.78 is 0. The van der Waals surface area contributed by atoms with E-state index in [1.807, 2.05) is 0 Å². The van der Waals surface area contributed by atoms with Crippen LogP contribution in [0.15, 0.2) is 12.3 Å². The molecular formula is C16H26ClN3. The molecule has 20 heavy (non-hydrogen) atoms. The van der Waals surface area contributed by atoms with Crippen LogP contribution in [0, 0.1) is 5.92 Å². The van der Waals surface area contributed by atoms with Crippen LogP contribution in [-0.2, 0) is 6.54 Å². The third-order valence-electron chi connectivity index (χ3n) is 4.02. The third kappa shape index (κ3) is 4.10. The summed E-state index contributed by atoms with van der Waals surface area (Å²) in [6.45, 7) is 6.23. The van der Waals surface area contributed by atoms with Gasteiger partial charge in [-0.1, -0.05) is 38.3 Å². The van der Waals surface area contributed by atoms with Gasteiger partial charge in [0.1, 0.15) is 5.82 Å². The molecule has 3 nitrogen and oxygen atoms in total. The van der Waals surface area contributed by atoms with Crippen LogP contribution in [0.2, 0.25) is 5.02 Å². The van der Waals surface area contributed by atoms with E-state index in [-0.39, 0.29) is 0 Å². The summed E-state index contributed by atoms with van der Waals surface area (Å²) in [4.78, 5) is 6.81. The third-order valence-corrected chi connectivity index (χ3v) is 4.36. The van der Waals surface area contributed by atoms with Gasteiger partial charge in [0.2, 0.25) is 0 Å². The van der Waals surface area contributed by atoms with E-state index < -0.39 is 0 Å². The smallest absolute Gasteiger partial charge is 0.128 e. The van der Waals surface area contributed by atoms with Crippen molar-refractivity contribution in [3.8, 4) is 0 Å². The monoisotopic (exact) mass is 295 g/mol. The zero-order valence-corrected chi connectivity index (χ0v) is 13.6. The van der Waals surface area contributed by atoms with Crippen molar-refractivity contribution in [3.05, 3.63) is 22.8 Å². The van der Waals surface area contributed by atoms with Crippen LogP contribution in [0.25, 0.3) is 0 Å². The highest BCUT2D eigenvalue weighted by Gasteiger charge is 2.21. The van der Waals surface area contributed by atoms with Gasteiger partial charge in [0.15, 0.2) is 0 Å². The van der Waals surface area contributed by atoms with Crippen molar-refractivity contribution < 1.29 is 0 Å². The standard InChI is InChI=1S/C16H26ClN3/c1-12(2)9-18-10-13-8-16(19-11-15(13)17)20(3)14-6-4-5-7-14/h8,11-12,14,18H,4-7,9-10H2,1-3H3. The zero-order chi connectivity index (χ0) is 14.5. The van der Waals surface area contributed by atoms with Gasteiger partial charge >= 0.3 is 0 Å². The fraction of sp³-hybridized carbons (Fsp3) is 0.688. The summed E-state index contributed by atoms with van der Waals surface area (Å²) in [6, 6.07) is 2.77. The molecule has 0 bridgehead atoms. The molecule has 0 spiro atoms. The van der Waals surface area contributed by atoms with Crippen molar-refractivity contribution in [2.75, 3.05) is 18.5 Å². The maximum atomic E-state index is 6.25. The number of nitrogens with zero attached hydrogens (tertiary/aromatic N) is 2. The average Bonchev–Trinajstić information content (AvgIpc) is 2.93. The van der Waals surface area contributed by atoms with E-state index in [2.05, 4.69) is 42.2 Å². The Kier molecular flexibility index (Phi) is 5.67. The number of hydrogen-bond acceptors (Lipinski definition) is 3. The molecule has 0 saturated heterocycles. The number of anilines is 1. The lowest BCUT2D eigenvalue weighted by Gasteiger charge is -2.26. The van der Waals surface area contributed by atoms with Crippen LogP contribution < -0.4 is 10.2 Å². The molecule has 4 heteroatoms. The minimum Gasteiger partial charge on any atom is -0.357 e. The number of nitrogens with one attached hydrogen (secondary N) is 1. The van der Waals surface area contributed by atoms with Gasteiger partial charge in [-0.15, -0.1) is 0 Å². The number of hydrogen-bond donors (Lipinski definition) is 1. The lowest BCUT2D eigenvalue weighted by molar-refractivity contribution is 0.552. The predicted octanol–water partition coefficient (Wildman–Crippen LogP) is 3.86. The molecule has 1 aromatic heterocycles. The fourth-order valence-electron chi connectivity index (χ4n) is 2.77. The summed E-state index contributed by atoms with van der Waals surface area (Å²) >= 11 is 6.25. The van der Waals surface area contributed by atoms with E-state index >= 15 is 0 Å². The molecule has 1 saturated carbocycles. The fourth-order valence-corrected chi connectivity index (χ4v) is 2.94. The zero-order valence-electron chi connectivity index (χ0n) is 12.8. The van der Waals surface area contributed by atoms with E-state index in [4.69, 9.17) is 11.6 Å².